The molecule has 7 heteroatoms. The predicted octanol–water partition coefficient (Wildman–Crippen LogP) is 2.31. The number of carbonyl (C=O) groups is 2. The van der Waals surface area contributed by atoms with Gasteiger partial charge in [0.1, 0.15) is 11.5 Å². The maximum absolute atomic E-state index is 12.4. The Labute approximate surface area is 169 Å². The molecule has 3 N–H and O–H groups in total. The summed E-state index contributed by atoms with van der Waals surface area (Å²) in [5.41, 5.74) is 0.181. The molecule has 152 valence electrons. The highest BCUT2D eigenvalue weighted by Crippen LogP contribution is 2.53. The summed E-state index contributed by atoms with van der Waals surface area (Å²) < 4.78 is 11.6. The van der Waals surface area contributed by atoms with Crippen molar-refractivity contribution in [3.63, 3.8) is 0 Å². The molecule has 0 fully saturated rings. The van der Waals surface area contributed by atoms with Gasteiger partial charge in [-0.1, -0.05) is 13.8 Å². The fourth-order valence-electron chi connectivity index (χ4n) is 3.65. The van der Waals surface area contributed by atoms with Gasteiger partial charge in [0.25, 0.3) is 18.1 Å². The third-order valence-corrected chi connectivity index (χ3v) is 5.18. The smallest absolute Gasteiger partial charge is 0.278 e. The summed E-state index contributed by atoms with van der Waals surface area (Å²) >= 11 is 0. The molecule has 0 aliphatic carbocycles. The number of amides is 2. The van der Waals surface area contributed by atoms with E-state index in [4.69, 9.17) is 9.47 Å². The Balaban J connectivity index is 1.71. The molecular weight excluding hydrogens is 372 g/mol. The third kappa shape index (κ3) is 3.11. The van der Waals surface area contributed by atoms with Gasteiger partial charge in [0.15, 0.2) is 5.60 Å². The van der Waals surface area contributed by atoms with Gasteiger partial charge in [0.05, 0.1) is 0 Å². The van der Waals surface area contributed by atoms with Crippen LogP contribution in [-0.4, -0.2) is 36.3 Å². The van der Waals surface area contributed by atoms with Crippen molar-refractivity contribution in [3.8, 4) is 11.5 Å². The molecule has 0 aromatic heterocycles. The summed E-state index contributed by atoms with van der Waals surface area (Å²) in [5, 5.41) is 17.2. The zero-order chi connectivity index (χ0) is 20.6. The van der Waals surface area contributed by atoms with Crippen LogP contribution in [0, 0.1) is 0 Å². The molecule has 0 saturated heterocycles. The minimum absolute atomic E-state index is 0.214. The number of hydrogen-bond acceptors (Lipinski definition) is 5. The molecular formula is C22H24N2O5. The van der Waals surface area contributed by atoms with Gasteiger partial charge >= 0.3 is 0 Å². The molecule has 7 nitrogen and oxygen atoms in total. The van der Waals surface area contributed by atoms with Crippen LogP contribution in [0.3, 0.4) is 0 Å². The van der Waals surface area contributed by atoms with Gasteiger partial charge in [-0.05, 0) is 49.2 Å². The summed E-state index contributed by atoms with van der Waals surface area (Å²) in [7, 11) is 0. The molecule has 2 aliphatic rings. The van der Waals surface area contributed by atoms with Crippen molar-refractivity contribution in [3.05, 3.63) is 58.7 Å². The average Bonchev–Trinajstić information content (AvgIpc) is 3.17. The number of fused-ring (bicyclic) bond motifs is 5. The second-order valence-corrected chi connectivity index (χ2v) is 7.27. The Morgan fingerprint density at radius 2 is 1.34 bits per heavy atom. The lowest BCUT2D eigenvalue weighted by atomic mass is 9.86. The topological polar surface area (TPSA) is 96.9 Å². The van der Waals surface area contributed by atoms with Crippen molar-refractivity contribution >= 4 is 11.8 Å². The lowest BCUT2D eigenvalue weighted by Crippen LogP contribution is -2.37. The maximum Gasteiger partial charge on any atom is 0.278 e. The molecule has 0 radical (unpaired) electrons. The van der Waals surface area contributed by atoms with Gasteiger partial charge < -0.3 is 25.2 Å². The Hall–Kier alpha value is -3.06. The minimum Gasteiger partial charge on any atom is -0.451 e. The number of rotatable bonds is 6. The van der Waals surface area contributed by atoms with Crippen LogP contribution in [0.5, 0.6) is 11.5 Å². The molecule has 0 saturated carbocycles. The van der Waals surface area contributed by atoms with E-state index < -0.39 is 11.9 Å². The number of carbonyl (C=O) groups excluding carboxylic acids is 2. The lowest BCUT2D eigenvalue weighted by Gasteiger charge is -2.20. The number of nitrogens with one attached hydrogen (secondary N) is 2. The molecule has 0 spiro atoms. The second-order valence-electron chi connectivity index (χ2n) is 7.27. The van der Waals surface area contributed by atoms with E-state index in [9.17, 15) is 14.7 Å². The Kier molecular flexibility index (Phi) is 4.92. The van der Waals surface area contributed by atoms with Crippen LogP contribution >= 0.6 is 0 Å². The fourth-order valence-corrected chi connectivity index (χ4v) is 3.65. The zero-order valence-electron chi connectivity index (χ0n) is 16.5. The first-order valence-electron chi connectivity index (χ1n) is 9.90. The van der Waals surface area contributed by atoms with Crippen molar-refractivity contribution in [1.29, 1.82) is 0 Å². The molecule has 2 amide bonds. The summed E-state index contributed by atoms with van der Waals surface area (Å²) in [6.07, 6.45) is 0.696. The SMILES string of the molecule is CCCNC(=O)c1ccc2c(c1)C1(O)c3cc(C(=O)NCCC)ccc3OC1O2. The van der Waals surface area contributed by atoms with E-state index in [0.717, 1.165) is 12.8 Å². The monoisotopic (exact) mass is 396 g/mol. The third-order valence-electron chi connectivity index (χ3n) is 5.18. The van der Waals surface area contributed by atoms with Crippen molar-refractivity contribution in [2.24, 2.45) is 0 Å². The Bertz CT molecular complexity index is 898. The van der Waals surface area contributed by atoms with Crippen LogP contribution in [0.15, 0.2) is 36.4 Å². The van der Waals surface area contributed by atoms with Gasteiger partial charge in [-0.15, -0.1) is 0 Å². The van der Waals surface area contributed by atoms with E-state index in [1.165, 1.54) is 0 Å². The number of aliphatic hydroxyl groups is 1. The van der Waals surface area contributed by atoms with Crippen molar-refractivity contribution in [1.82, 2.24) is 10.6 Å². The van der Waals surface area contributed by atoms with Crippen LogP contribution in [0.4, 0.5) is 0 Å². The normalized spacial score (nSPS) is 20.7. The highest BCUT2D eigenvalue weighted by atomic mass is 16.7. The van der Waals surface area contributed by atoms with Crippen LogP contribution in [-0.2, 0) is 5.60 Å². The number of hydrogen-bond donors (Lipinski definition) is 3. The maximum atomic E-state index is 12.4. The fraction of sp³-hybridized carbons (Fsp3) is 0.364. The number of benzene rings is 2. The molecule has 0 unspecified atom stereocenters. The predicted molar refractivity (Wildman–Crippen MR) is 106 cm³/mol. The first kappa shape index (κ1) is 19.3. The molecule has 2 aromatic carbocycles. The van der Waals surface area contributed by atoms with Crippen LogP contribution in [0.25, 0.3) is 0 Å². The molecule has 2 aromatic rings. The molecule has 4 rings (SSSR count). The minimum atomic E-state index is -1.59. The second kappa shape index (κ2) is 7.40. The van der Waals surface area contributed by atoms with E-state index in [2.05, 4.69) is 10.6 Å². The first-order chi connectivity index (χ1) is 14.0. The summed E-state index contributed by atoms with van der Waals surface area (Å²) in [5.74, 6) is 0.481. The molecule has 2 aliphatic heterocycles. The average molecular weight is 396 g/mol. The van der Waals surface area contributed by atoms with E-state index in [1.54, 1.807) is 36.4 Å². The Morgan fingerprint density at radius 1 is 0.897 bits per heavy atom. The van der Waals surface area contributed by atoms with Crippen molar-refractivity contribution < 1.29 is 24.2 Å². The standard InChI is InChI=1S/C22H24N2O5/c1-3-9-23-19(25)13-5-7-17-15(11-13)22(27)16-12-14(20(26)24-10-4-2)6-8-18(16)29-21(22)28-17/h5-8,11-12,21,27H,3-4,9-10H2,1-2H3,(H,23,25)(H,24,26). The van der Waals surface area contributed by atoms with E-state index in [1.807, 2.05) is 13.8 Å². The van der Waals surface area contributed by atoms with Crippen molar-refractivity contribution in [2.75, 3.05) is 13.1 Å². The summed E-state index contributed by atoms with van der Waals surface area (Å²) in [6, 6.07) is 9.89. The first-order valence-corrected chi connectivity index (χ1v) is 9.90. The van der Waals surface area contributed by atoms with Crippen LogP contribution in [0.1, 0.15) is 58.5 Å². The molecule has 2 heterocycles. The Morgan fingerprint density at radius 3 is 1.76 bits per heavy atom. The highest BCUT2D eigenvalue weighted by Gasteiger charge is 2.57. The molecule has 0 atom stereocenters. The van der Waals surface area contributed by atoms with E-state index in [0.29, 0.717) is 46.8 Å². The molecule has 29 heavy (non-hydrogen) atoms. The largest absolute Gasteiger partial charge is 0.451 e. The number of ether oxygens (including phenoxy) is 2. The summed E-state index contributed by atoms with van der Waals surface area (Å²) in [6.45, 7) is 5.10. The van der Waals surface area contributed by atoms with E-state index in [-0.39, 0.29) is 11.8 Å². The molecule has 0 bridgehead atoms. The van der Waals surface area contributed by atoms with Gasteiger partial charge in [-0.2, -0.15) is 0 Å². The van der Waals surface area contributed by atoms with Gasteiger partial charge in [0, 0.05) is 35.3 Å². The van der Waals surface area contributed by atoms with Gasteiger partial charge in [0.2, 0.25) is 0 Å². The van der Waals surface area contributed by atoms with Crippen molar-refractivity contribution in [2.45, 2.75) is 38.6 Å². The van der Waals surface area contributed by atoms with Crippen LogP contribution < -0.4 is 20.1 Å². The van der Waals surface area contributed by atoms with Gasteiger partial charge in [-0.3, -0.25) is 9.59 Å². The quantitative estimate of drug-likeness (QED) is 0.696. The lowest BCUT2D eigenvalue weighted by molar-refractivity contribution is -0.0873. The summed E-state index contributed by atoms with van der Waals surface area (Å²) in [4.78, 5) is 24.7. The highest BCUT2D eigenvalue weighted by molar-refractivity contribution is 5.95. The van der Waals surface area contributed by atoms with Gasteiger partial charge in [-0.25, -0.2) is 0 Å². The zero-order valence-corrected chi connectivity index (χ0v) is 16.5. The van der Waals surface area contributed by atoms with E-state index >= 15 is 0 Å². The van der Waals surface area contributed by atoms with Crippen LogP contribution in [0.2, 0.25) is 0 Å².